The van der Waals surface area contributed by atoms with E-state index in [1.165, 1.54) is 6.92 Å². The van der Waals surface area contributed by atoms with Gasteiger partial charge in [-0.1, -0.05) is 20.3 Å². The molecule has 1 aromatic rings. The maximum absolute atomic E-state index is 14.1. The lowest BCUT2D eigenvalue weighted by Gasteiger charge is -2.22. The number of benzene rings is 1. The summed E-state index contributed by atoms with van der Waals surface area (Å²) in [5.41, 5.74) is -4.66. The molecule has 0 fully saturated rings. The van der Waals surface area contributed by atoms with Gasteiger partial charge in [0.2, 0.25) is 0 Å². The summed E-state index contributed by atoms with van der Waals surface area (Å²) < 4.78 is 104. The fourth-order valence-electron chi connectivity index (χ4n) is 1.69. The first-order chi connectivity index (χ1) is 9.30. The van der Waals surface area contributed by atoms with Gasteiger partial charge in [0.1, 0.15) is 0 Å². The normalized spacial score (nSPS) is 15.1. The number of hydrogen-bond donors (Lipinski definition) is 0. The second-order valence-corrected chi connectivity index (χ2v) is 7.54. The predicted octanol–water partition coefficient (Wildman–Crippen LogP) is 5.11. The van der Waals surface area contributed by atoms with Crippen LogP contribution in [0.2, 0.25) is 5.54 Å². The topological polar surface area (TPSA) is 0 Å². The van der Waals surface area contributed by atoms with Gasteiger partial charge >= 0.3 is 21.1 Å². The van der Waals surface area contributed by atoms with E-state index in [2.05, 4.69) is 0 Å². The molecular weight excluding hydrogens is 324 g/mol. The van der Waals surface area contributed by atoms with Gasteiger partial charge in [-0.05, 0) is 18.2 Å². The molecule has 0 saturated heterocycles. The van der Waals surface area contributed by atoms with Crippen molar-refractivity contribution in [3.63, 3.8) is 0 Å². The second kappa shape index (κ2) is 5.58. The standard InChI is InChI=1S/C12H12F8Si/c1-3-7(2)21(19,20)10-5-8(11(13,14)15)4-9(6-10)12(16,17)18/h4-7H,3H2,1-2H3. The molecule has 0 heterocycles. The molecule has 0 spiro atoms. The average Bonchev–Trinajstić information content (AvgIpc) is 2.35. The minimum Gasteiger partial charge on any atom is -0.264 e. The first kappa shape index (κ1) is 17.9. The zero-order valence-corrected chi connectivity index (χ0v) is 12.0. The lowest BCUT2D eigenvalue weighted by molar-refractivity contribution is -0.142. The van der Waals surface area contributed by atoms with Crippen molar-refractivity contribution in [2.75, 3.05) is 0 Å². The van der Waals surface area contributed by atoms with Gasteiger partial charge in [-0.2, -0.15) is 26.3 Å². The third-order valence-electron chi connectivity index (χ3n) is 3.20. The fourth-order valence-corrected chi connectivity index (χ4v) is 3.47. The highest BCUT2D eigenvalue weighted by Crippen LogP contribution is 2.36. The number of rotatable bonds is 3. The Morgan fingerprint density at radius 2 is 1.29 bits per heavy atom. The average molecular weight is 336 g/mol. The quantitative estimate of drug-likeness (QED) is 0.409. The summed E-state index contributed by atoms with van der Waals surface area (Å²) in [6.45, 7) is 2.53. The molecule has 9 heteroatoms. The monoisotopic (exact) mass is 336 g/mol. The van der Waals surface area contributed by atoms with E-state index >= 15 is 0 Å². The zero-order valence-electron chi connectivity index (χ0n) is 11.0. The Bertz CT molecular complexity index is 471. The minimum absolute atomic E-state index is 0.0309. The maximum Gasteiger partial charge on any atom is 0.458 e. The van der Waals surface area contributed by atoms with Crippen molar-refractivity contribution < 1.29 is 34.6 Å². The van der Waals surface area contributed by atoms with Gasteiger partial charge in [-0.3, -0.25) is 8.22 Å². The van der Waals surface area contributed by atoms with Crippen LogP contribution in [0.1, 0.15) is 31.4 Å². The van der Waals surface area contributed by atoms with Crippen molar-refractivity contribution in [2.45, 2.75) is 38.2 Å². The van der Waals surface area contributed by atoms with Gasteiger partial charge in [0.05, 0.1) is 11.1 Å². The molecule has 0 saturated carbocycles. The van der Waals surface area contributed by atoms with Crippen LogP contribution in [-0.4, -0.2) is 8.74 Å². The first-order valence-electron chi connectivity index (χ1n) is 5.98. The largest absolute Gasteiger partial charge is 0.458 e. The Morgan fingerprint density at radius 3 is 1.57 bits per heavy atom. The second-order valence-electron chi connectivity index (χ2n) is 4.73. The summed E-state index contributed by atoms with van der Waals surface area (Å²) in [6.07, 6.45) is -10.3. The molecule has 21 heavy (non-hydrogen) atoms. The summed E-state index contributed by atoms with van der Waals surface area (Å²) in [4.78, 5) is 0. The van der Waals surface area contributed by atoms with Crippen LogP contribution in [0.5, 0.6) is 0 Å². The molecule has 0 bridgehead atoms. The van der Waals surface area contributed by atoms with E-state index in [0.29, 0.717) is 0 Å². The van der Waals surface area contributed by atoms with Crippen LogP contribution in [0.4, 0.5) is 34.6 Å². The molecule has 1 unspecified atom stereocenters. The molecule has 0 aliphatic heterocycles. The minimum atomic E-state index is -5.40. The number of halogens is 8. The fraction of sp³-hybridized carbons (Fsp3) is 0.500. The van der Waals surface area contributed by atoms with Gasteiger partial charge in [0.25, 0.3) is 0 Å². The van der Waals surface area contributed by atoms with E-state index in [4.69, 9.17) is 0 Å². The van der Waals surface area contributed by atoms with Crippen LogP contribution in [0.25, 0.3) is 0 Å². The van der Waals surface area contributed by atoms with Crippen molar-refractivity contribution in [1.82, 2.24) is 0 Å². The summed E-state index contributed by atoms with van der Waals surface area (Å²) in [6, 6.07) is 0.117. The molecule has 1 atom stereocenters. The Morgan fingerprint density at radius 1 is 0.905 bits per heavy atom. The molecule has 0 radical (unpaired) electrons. The SMILES string of the molecule is CCC(C)[Si](F)(F)c1cc(C(F)(F)F)cc(C(F)(F)F)c1. The highest BCUT2D eigenvalue weighted by atomic mass is 28.4. The van der Waals surface area contributed by atoms with E-state index < -0.39 is 42.9 Å². The summed E-state index contributed by atoms with van der Waals surface area (Å²) in [5, 5.41) is -1.14. The summed E-state index contributed by atoms with van der Waals surface area (Å²) in [5.74, 6) is 0. The van der Waals surface area contributed by atoms with Crippen molar-refractivity contribution in [3.05, 3.63) is 29.3 Å². The molecule has 0 aliphatic carbocycles. The van der Waals surface area contributed by atoms with E-state index in [1.807, 2.05) is 0 Å². The molecule has 1 rings (SSSR count). The van der Waals surface area contributed by atoms with E-state index in [1.54, 1.807) is 0 Å². The Hall–Kier alpha value is -1.12. The molecule has 0 aliphatic rings. The van der Waals surface area contributed by atoms with Gasteiger partial charge in [0, 0.05) is 10.7 Å². The van der Waals surface area contributed by atoms with Gasteiger partial charge < -0.3 is 0 Å². The number of hydrogen-bond acceptors (Lipinski definition) is 0. The molecule has 1 aromatic carbocycles. The van der Waals surface area contributed by atoms with Gasteiger partial charge in [-0.25, -0.2) is 0 Å². The van der Waals surface area contributed by atoms with Crippen LogP contribution in [0.15, 0.2) is 18.2 Å². The Kier molecular flexibility index (Phi) is 4.76. The van der Waals surface area contributed by atoms with Crippen LogP contribution in [0, 0.1) is 0 Å². The molecule has 0 aromatic heterocycles. The third kappa shape index (κ3) is 3.95. The van der Waals surface area contributed by atoms with Crippen molar-refractivity contribution in [2.24, 2.45) is 0 Å². The zero-order chi connectivity index (χ0) is 16.6. The van der Waals surface area contributed by atoms with Crippen molar-refractivity contribution in [3.8, 4) is 0 Å². The lowest BCUT2D eigenvalue weighted by atomic mass is 10.1. The molecule has 0 nitrogen and oxygen atoms in total. The van der Waals surface area contributed by atoms with Crippen LogP contribution in [0.3, 0.4) is 0 Å². The molecule has 0 amide bonds. The van der Waals surface area contributed by atoms with Crippen LogP contribution in [-0.2, 0) is 12.4 Å². The summed E-state index contributed by atoms with van der Waals surface area (Å²) >= 11 is 0. The third-order valence-corrected chi connectivity index (χ3v) is 5.91. The van der Waals surface area contributed by atoms with Crippen LogP contribution >= 0.6 is 0 Å². The summed E-state index contributed by atoms with van der Waals surface area (Å²) in [7, 11) is -5.40. The maximum atomic E-state index is 14.1. The van der Waals surface area contributed by atoms with Gasteiger partial charge in [0.15, 0.2) is 0 Å². The predicted molar refractivity (Wildman–Crippen MR) is 63.8 cm³/mol. The molecular formula is C12H12F8Si. The van der Waals surface area contributed by atoms with Crippen molar-refractivity contribution in [1.29, 1.82) is 0 Å². The molecule has 0 N–H and O–H groups in total. The highest BCUT2D eigenvalue weighted by Gasteiger charge is 2.46. The Balaban J connectivity index is 3.53. The van der Waals surface area contributed by atoms with E-state index in [0.717, 1.165) is 6.92 Å². The first-order valence-corrected chi connectivity index (χ1v) is 7.81. The number of alkyl halides is 6. The Labute approximate surface area is 117 Å². The van der Waals surface area contributed by atoms with Crippen molar-refractivity contribution >= 4 is 13.9 Å². The van der Waals surface area contributed by atoms with E-state index in [-0.39, 0.29) is 24.6 Å². The van der Waals surface area contributed by atoms with E-state index in [9.17, 15) is 34.6 Å². The lowest BCUT2D eigenvalue weighted by Crippen LogP contribution is -2.43. The van der Waals surface area contributed by atoms with Gasteiger partial charge in [-0.15, -0.1) is 0 Å². The smallest absolute Gasteiger partial charge is 0.264 e. The highest BCUT2D eigenvalue weighted by molar-refractivity contribution is 6.81. The van der Waals surface area contributed by atoms with Crippen LogP contribution < -0.4 is 5.19 Å². The molecule has 120 valence electrons.